The molecule has 3 N–H and O–H groups in total. The van der Waals surface area contributed by atoms with Gasteiger partial charge in [0.2, 0.25) is 17.6 Å². The van der Waals surface area contributed by atoms with Gasteiger partial charge >= 0.3 is 11.6 Å². The van der Waals surface area contributed by atoms with Crippen LogP contribution in [0.5, 0.6) is 11.5 Å². The van der Waals surface area contributed by atoms with E-state index in [4.69, 9.17) is 19.0 Å². The molecule has 1 aromatic carbocycles. The number of methoxy groups -OCH3 is 2. The summed E-state index contributed by atoms with van der Waals surface area (Å²) >= 11 is 0. The number of hydrogen-bond donors (Lipinski definition) is 3. The first kappa shape index (κ1) is 24.7. The number of carboxylic acids is 1. The van der Waals surface area contributed by atoms with Gasteiger partial charge in [-0.3, -0.25) is 14.4 Å². The lowest BCUT2D eigenvalue weighted by Gasteiger charge is -2.23. The van der Waals surface area contributed by atoms with E-state index in [-0.39, 0.29) is 29.2 Å². The minimum atomic E-state index is -1.19. The highest BCUT2D eigenvalue weighted by molar-refractivity contribution is 5.92. The monoisotopic (exact) mass is 448 g/mol. The number of nitrogens with one attached hydrogen (secondary N) is 2. The van der Waals surface area contributed by atoms with Crippen LogP contribution in [0.4, 0.5) is 0 Å². The fraction of sp³-hybridized carbons (Fsp3) is 0.455. The van der Waals surface area contributed by atoms with E-state index >= 15 is 0 Å². The molecule has 0 fully saturated rings. The second-order valence-corrected chi connectivity index (χ2v) is 7.39. The molecule has 32 heavy (non-hydrogen) atoms. The van der Waals surface area contributed by atoms with Crippen LogP contribution in [-0.4, -0.2) is 49.7 Å². The quantitative estimate of drug-likeness (QED) is 0.463. The molecule has 174 valence electrons. The van der Waals surface area contributed by atoms with Gasteiger partial charge in [-0.25, -0.2) is 4.79 Å². The number of carboxylic acid groups (broad SMARTS) is 1. The minimum Gasteiger partial charge on any atom is -0.493 e. The maximum Gasteiger partial charge on any atom is 0.340 e. The van der Waals surface area contributed by atoms with Crippen molar-refractivity contribution in [3.63, 3.8) is 0 Å². The highest BCUT2D eigenvalue weighted by Gasteiger charge is 2.27. The third kappa shape index (κ3) is 5.37. The van der Waals surface area contributed by atoms with E-state index in [1.54, 1.807) is 26.0 Å². The van der Waals surface area contributed by atoms with Crippen molar-refractivity contribution in [3.8, 4) is 11.5 Å². The molecule has 10 nitrogen and oxygen atoms in total. The molecule has 0 aliphatic carbocycles. The van der Waals surface area contributed by atoms with Crippen LogP contribution in [0, 0.1) is 12.8 Å². The van der Waals surface area contributed by atoms with Gasteiger partial charge in [0.15, 0.2) is 11.3 Å². The summed E-state index contributed by atoms with van der Waals surface area (Å²) in [6.45, 7) is 4.75. The van der Waals surface area contributed by atoms with E-state index in [0.717, 1.165) is 0 Å². The summed E-state index contributed by atoms with van der Waals surface area (Å²) in [5, 5.41) is 14.2. The number of ether oxygens (including phenoxy) is 2. The van der Waals surface area contributed by atoms with Gasteiger partial charge in [-0.1, -0.05) is 20.3 Å². The van der Waals surface area contributed by atoms with Crippen LogP contribution in [0.2, 0.25) is 0 Å². The first-order valence-electron chi connectivity index (χ1n) is 10.1. The van der Waals surface area contributed by atoms with E-state index in [9.17, 15) is 19.2 Å². The van der Waals surface area contributed by atoms with Crippen molar-refractivity contribution in [2.75, 3.05) is 20.8 Å². The van der Waals surface area contributed by atoms with Crippen molar-refractivity contribution in [1.82, 2.24) is 10.6 Å². The number of benzene rings is 1. The molecule has 2 aromatic rings. The molecule has 2 atom stereocenters. The second-order valence-electron chi connectivity index (χ2n) is 7.39. The van der Waals surface area contributed by atoms with Gasteiger partial charge in [-0.2, -0.15) is 0 Å². The molecule has 0 spiro atoms. The van der Waals surface area contributed by atoms with Gasteiger partial charge in [0.05, 0.1) is 26.2 Å². The zero-order valence-electron chi connectivity index (χ0n) is 18.7. The van der Waals surface area contributed by atoms with Gasteiger partial charge in [-0.05, 0) is 30.5 Å². The van der Waals surface area contributed by atoms with E-state index in [0.29, 0.717) is 23.1 Å². The fourth-order valence-corrected chi connectivity index (χ4v) is 3.33. The topological polar surface area (TPSA) is 144 Å². The summed E-state index contributed by atoms with van der Waals surface area (Å²) < 4.78 is 16.0. The normalized spacial score (nSPS) is 12.7. The second kappa shape index (κ2) is 10.7. The predicted molar refractivity (Wildman–Crippen MR) is 116 cm³/mol. The Hall–Kier alpha value is -3.56. The van der Waals surface area contributed by atoms with Gasteiger partial charge in [0.25, 0.3) is 0 Å². The summed E-state index contributed by atoms with van der Waals surface area (Å²) in [5.74, 6) is -1.93. The van der Waals surface area contributed by atoms with Crippen LogP contribution in [0.25, 0.3) is 11.0 Å². The molecule has 0 aliphatic heterocycles. The average Bonchev–Trinajstić information content (AvgIpc) is 2.77. The minimum absolute atomic E-state index is 0.149. The number of fused-ring (bicyclic) bond motifs is 1. The Balaban J connectivity index is 2.33. The van der Waals surface area contributed by atoms with Gasteiger partial charge < -0.3 is 29.6 Å². The molecule has 2 unspecified atom stereocenters. The predicted octanol–water partition coefficient (Wildman–Crippen LogP) is 1.39. The van der Waals surface area contributed by atoms with Crippen LogP contribution in [0.3, 0.4) is 0 Å². The van der Waals surface area contributed by atoms with E-state index in [1.807, 2.05) is 6.92 Å². The number of aryl methyl sites for hydroxylation is 1. The van der Waals surface area contributed by atoms with Gasteiger partial charge in [0, 0.05) is 5.39 Å². The van der Waals surface area contributed by atoms with E-state index in [1.165, 1.54) is 14.2 Å². The summed E-state index contributed by atoms with van der Waals surface area (Å²) in [6.07, 6.45) is 0.266. The molecule has 1 heterocycles. The maximum atomic E-state index is 12.7. The van der Waals surface area contributed by atoms with Crippen molar-refractivity contribution in [1.29, 1.82) is 0 Å². The maximum absolute atomic E-state index is 12.7. The molecular formula is C22H28N2O8. The van der Waals surface area contributed by atoms with Gasteiger partial charge in [-0.15, -0.1) is 0 Å². The Morgan fingerprint density at radius 1 is 1.19 bits per heavy atom. The Morgan fingerprint density at radius 2 is 1.88 bits per heavy atom. The number of aliphatic carboxylic acids is 1. The molecule has 2 rings (SSSR count). The van der Waals surface area contributed by atoms with Crippen LogP contribution in [0.1, 0.15) is 31.4 Å². The smallest absolute Gasteiger partial charge is 0.340 e. The largest absolute Gasteiger partial charge is 0.493 e. The molecule has 1 aromatic heterocycles. The fourth-order valence-electron chi connectivity index (χ4n) is 3.33. The average molecular weight is 448 g/mol. The van der Waals surface area contributed by atoms with Crippen LogP contribution >= 0.6 is 0 Å². The summed E-state index contributed by atoms with van der Waals surface area (Å²) in [7, 11) is 2.89. The number of rotatable bonds is 10. The number of carbonyl (C=O) groups is 3. The highest BCUT2D eigenvalue weighted by atomic mass is 16.5. The zero-order chi connectivity index (χ0) is 24.0. The molecule has 0 aliphatic rings. The molecule has 2 amide bonds. The first-order chi connectivity index (χ1) is 15.1. The van der Waals surface area contributed by atoms with Crippen molar-refractivity contribution in [3.05, 3.63) is 33.7 Å². The summed E-state index contributed by atoms with van der Waals surface area (Å²) in [5.41, 5.74) is 0.204. The molecular weight excluding hydrogens is 420 g/mol. The van der Waals surface area contributed by atoms with Crippen LogP contribution in [0.15, 0.2) is 21.3 Å². The highest BCUT2D eigenvalue weighted by Crippen LogP contribution is 2.36. The SMILES string of the molecule is CCC(C)C(NC(=O)Cc1c(C)c2ccc(OC)c(OC)c2oc1=O)C(=O)NCC(=O)O. The summed E-state index contributed by atoms with van der Waals surface area (Å²) in [6, 6.07) is 2.44. The Labute approximate surface area is 184 Å². The molecule has 0 bridgehead atoms. The molecule has 0 radical (unpaired) electrons. The van der Waals surface area contributed by atoms with Crippen molar-refractivity contribution >= 4 is 28.8 Å². The lowest BCUT2D eigenvalue weighted by molar-refractivity contribution is -0.138. The Morgan fingerprint density at radius 3 is 2.44 bits per heavy atom. The number of carbonyl (C=O) groups excluding carboxylic acids is 2. The van der Waals surface area contributed by atoms with Crippen molar-refractivity contribution < 1.29 is 33.4 Å². The van der Waals surface area contributed by atoms with Crippen LogP contribution in [-0.2, 0) is 20.8 Å². The zero-order valence-corrected chi connectivity index (χ0v) is 18.7. The summed E-state index contributed by atoms with van der Waals surface area (Å²) in [4.78, 5) is 48.5. The lowest BCUT2D eigenvalue weighted by Crippen LogP contribution is -2.51. The first-order valence-corrected chi connectivity index (χ1v) is 10.1. The van der Waals surface area contributed by atoms with Gasteiger partial charge in [0.1, 0.15) is 12.6 Å². The molecule has 0 saturated heterocycles. The lowest BCUT2D eigenvalue weighted by atomic mass is 9.97. The molecule has 0 saturated carbocycles. The Kier molecular flexibility index (Phi) is 8.22. The van der Waals surface area contributed by atoms with E-state index in [2.05, 4.69) is 10.6 Å². The van der Waals surface area contributed by atoms with E-state index < -0.39 is 36.0 Å². The third-order valence-corrected chi connectivity index (χ3v) is 5.36. The van der Waals surface area contributed by atoms with Crippen molar-refractivity contribution in [2.24, 2.45) is 5.92 Å². The standard InChI is InChI=1S/C22H28N2O8/c1-6-11(2)18(21(28)23-10-17(26)27)24-16(25)9-14-12(3)13-7-8-15(30-4)20(31-5)19(13)32-22(14)29/h7-8,11,18H,6,9-10H2,1-5H3,(H,23,28)(H,24,25)(H,26,27). The number of hydrogen-bond acceptors (Lipinski definition) is 7. The van der Waals surface area contributed by atoms with Crippen LogP contribution < -0.4 is 25.7 Å². The number of amides is 2. The Bertz CT molecular complexity index is 1080. The molecule has 10 heteroatoms. The van der Waals surface area contributed by atoms with Crippen molar-refractivity contribution in [2.45, 2.75) is 39.7 Å². The third-order valence-electron chi connectivity index (χ3n) is 5.36.